The molecule has 0 radical (unpaired) electrons. The summed E-state index contributed by atoms with van der Waals surface area (Å²) < 4.78 is 99.3. The van der Waals surface area contributed by atoms with Crippen LogP contribution in [0, 0.1) is 18.7 Å². The number of likely N-dealkylation sites (tertiary alicyclic amines) is 1. The molecule has 2 aliphatic rings. The Kier molecular flexibility index (Phi) is 8.97. The maximum atomic E-state index is 14.0. The summed E-state index contributed by atoms with van der Waals surface area (Å²) in [5.74, 6) is -4.15. The van der Waals surface area contributed by atoms with Crippen LogP contribution < -0.4 is 0 Å². The van der Waals surface area contributed by atoms with E-state index in [1.807, 2.05) is 0 Å². The monoisotopic (exact) mass is 645 g/mol. The van der Waals surface area contributed by atoms with Gasteiger partial charge in [-0.05, 0) is 74.2 Å². The number of hydrogen-bond donors (Lipinski definition) is 0. The number of carbonyl (C=O) groups excluding carboxylic acids is 4. The topological polar surface area (TPSA) is 87.2 Å². The summed E-state index contributed by atoms with van der Waals surface area (Å²) in [5, 5.41) is 0. The molecule has 0 aliphatic carbocycles. The SMILES string of the molecule is Cc1cc(F)ccc1[C@@H]1CN(C(=O)CN2C(=O)OC(C)(C)C2=O)CC[C@H]1C(=O)N(C)Cc1cc(C(F)(F)F)cc(C(F)(F)F)c1. The zero-order valence-corrected chi connectivity index (χ0v) is 24.7. The second kappa shape index (κ2) is 12.0. The van der Waals surface area contributed by atoms with Crippen molar-refractivity contribution in [2.75, 3.05) is 26.7 Å². The van der Waals surface area contributed by atoms with Gasteiger partial charge >= 0.3 is 18.4 Å². The number of rotatable bonds is 6. The van der Waals surface area contributed by atoms with E-state index in [2.05, 4.69) is 0 Å². The molecule has 8 nitrogen and oxygen atoms in total. The number of cyclic esters (lactones) is 1. The van der Waals surface area contributed by atoms with Crippen molar-refractivity contribution in [1.82, 2.24) is 14.7 Å². The molecule has 2 saturated heterocycles. The molecule has 2 aromatic carbocycles. The lowest BCUT2D eigenvalue weighted by Gasteiger charge is -2.40. The predicted molar refractivity (Wildman–Crippen MR) is 144 cm³/mol. The Balaban J connectivity index is 1.59. The van der Waals surface area contributed by atoms with Crippen molar-refractivity contribution in [2.24, 2.45) is 5.92 Å². The van der Waals surface area contributed by atoms with Gasteiger partial charge in [0.1, 0.15) is 12.4 Å². The predicted octanol–water partition coefficient (Wildman–Crippen LogP) is 5.52. The van der Waals surface area contributed by atoms with Gasteiger partial charge < -0.3 is 14.5 Å². The lowest BCUT2D eigenvalue weighted by Crippen LogP contribution is -2.51. The highest BCUT2D eigenvalue weighted by Crippen LogP contribution is 2.38. The fourth-order valence-corrected chi connectivity index (χ4v) is 5.69. The largest absolute Gasteiger partial charge is 0.433 e. The van der Waals surface area contributed by atoms with Crippen LogP contribution in [0.25, 0.3) is 0 Å². The number of ether oxygens (including phenoxy) is 1. The Hall–Kier alpha value is -4.17. The van der Waals surface area contributed by atoms with Gasteiger partial charge in [0.25, 0.3) is 5.91 Å². The summed E-state index contributed by atoms with van der Waals surface area (Å²) in [6.07, 6.45) is -11.1. The molecule has 2 aliphatic heterocycles. The number of piperidine rings is 1. The van der Waals surface area contributed by atoms with E-state index in [4.69, 9.17) is 4.74 Å². The maximum Gasteiger partial charge on any atom is 0.418 e. The molecule has 2 atom stereocenters. The summed E-state index contributed by atoms with van der Waals surface area (Å²) >= 11 is 0. The third-order valence-corrected chi connectivity index (χ3v) is 7.97. The molecule has 4 amide bonds. The highest BCUT2D eigenvalue weighted by molar-refractivity contribution is 6.04. The number of imide groups is 1. The number of benzene rings is 2. The van der Waals surface area contributed by atoms with Crippen LogP contribution in [0.4, 0.5) is 35.5 Å². The molecule has 15 heteroatoms. The smallest absolute Gasteiger partial charge is 0.418 e. The average molecular weight is 646 g/mol. The minimum atomic E-state index is -5.06. The van der Waals surface area contributed by atoms with Gasteiger partial charge in [-0.1, -0.05) is 6.07 Å². The van der Waals surface area contributed by atoms with Gasteiger partial charge in [-0.3, -0.25) is 14.4 Å². The van der Waals surface area contributed by atoms with Gasteiger partial charge in [0.05, 0.1) is 11.1 Å². The molecular weight excluding hydrogens is 615 g/mol. The Morgan fingerprint density at radius 1 is 1.00 bits per heavy atom. The highest BCUT2D eigenvalue weighted by Gasteiger charge is 2.48. The fraction of sp³-hybridized carbons (Fsp3) is 0.467. The minimum Gasteiger partial charge on any atom is -0.433 e. The number of carbonyl (C=O) groups is 4. The van der Waals surface area contributed by atoms with Crippen LogP contribution in [0.5, 0.6) is 0 Å². The molecule has 0 saturated carbocycles. The molecule has 2 heterocycles. The van der Waals surface area contributed by atoms with Gasteiger partial charge in [-0.15, -0.1) is 0 Å². The van der Waals surface area contributed by atoms with Crippen molar-refractivity contribution in [3.05, 3.63) is 70.0 Å². The fourth-order valence-electron chi connectivity index (χ4n) is 5.69. The second-order valence-electron chi connectivity index (χ2n) is 11.7. The van der Waals surface area contributed by atoms with Crippen LogP contribution >= 0.6 is 0 Å². The number of nitrogens with zero attached hydrogens (tertiary/aromatic N) is 3. The number of hydrogen-bond acceptors (Lipinski definition) is 5. The average Bonchev–Trinajstić information content (AvgIpc) is 3.12. The van der Waals surface area contributed by atoms with Crippen LogP contribution in [0.2, 0.25) is 0 Å². The number of alkyl halides is 6. The molecular formula is C30H30F7N3O5. The summed E-state index contributed by atoms with van der Waals surface area (Å²) in [4.78, 5) is 54.7. The standard InChI is InChI=1S/C30H30F7N3O5/c1-16-9-20(31)5-6-21(16)23-14-39(24(41)15-40-26(43)28(2,3)45-27(40)44)8-7-22(23)25(42)38(4)13-17-10-18(29(32,33)34)12-19(11-17)30(35,36)37/h5-6,9-12,22-23H,7-8,13-15H2,1-4H3/t22-,23+/m1/s1. The first-order chi connectivity index (χ1) is 20.7. The zero-order chi connectivity index (χ0) is 33.6. The molecule has 2 fully saturated rings. The third-order valence-electron chi connectivity index (χ3n) is 7.97. The van der Waals surface area contributed by atoms with Gasteiger partial charge in [0.15, 0.2) is 5.60 Å². The van der Waals surface area contributed by atoms with E-state index in [0.717, 1.165) is 11.0 Å². The summed E-state index contributed by atoms with van der Waals surface area (Å²) in [6.45, 7) is 3.04. The van der Waals surface area contributed by atoms with Crippen LogP contribution in [0.15, 0.2) is 36.4 Å². The van der Waals surface area contributed by atoms with E-state index in [9.17, 15) is 49.9 Å². The molecule has 0 spiro atoms. The first-order valence-corrected chi connectivity index (χ1v) is 13.8. The molecule has 244 valence electrons. The van der Waals surface area contributed by atoms with Gasteiger partial charge in [-0.2, -0.15) is 26.3 Å². The van der Waals surface area contributed by atoms with Gasteiger partial charge in [0, 0.05) is 38.5 Å². The van der Waals surface area contributed by atoms with E-state index < -0.39 is 83.6 Å². The maximum absolute atomic E-state index is 14.0. The van der Waals surface area contributed by atoms with Gasteiger partial charge in [-0.25, -0.2) is 14.1 Å². The summed E-state index contributed by atoms with van der Waals surface area (Å²) in [5.41, 5.74) is -3.91. The Morgan fingerprint density at radius 3 is 2.11 bits per heavy atom. The zero-order valence-electron chi connectivity index (χ0n) is 24.7. The lowest BCUT2D eigenvalue weighted by molar-refractivity contribution is -0.143. The molecule has 45 heavy (non-hydrogen) atoms. The Morgan fingerprint density at radius 2 is 1.60 bits per heavy atom. The van der Waals surface area contributed by atoms with Crippen molar-refractivity contribution in [1.29, 1.82) is 0 Å². The van der Waals surface area contributed by atoms with Gasteiger partial charge in [0.2, 0.25) is 11.8 Å². The molecule has 4 rings (SSSR count). The lowest BCUT2D eigenvalue weighted by atomic mass is 9.78. The van der Waals surface area contributed by atoms with E-state index in [0.29, 0.717) is 28.2 Å². The van der Waals surface area contributed by atoms with Crippen LogP contribution in [0.1, 0.15) is 54.0 Å². The molecule has 0 N–H and O–H groups in total. The minimum absolute atomic E-state index is 0.00177. The molecule has 0 unspecified atom stereocenters. The van der Waals surface area contributed by atoms with E-state index in [1.165, 1.54) is 37.9 Å². The van der Waals surface area contributed by atoms with Crippen molar-refractivity contribution in [3.8, 4) is 0 Å². The van der Waals surface area contributed by atoms with Crippen molar-refractivity contribution in [3.63, 3.8) is 0 Å². The molecule has 2 aromatic rings. The van der Waals surface area contributed by atoms with E-state index in [1.54, 1.807) is 6.92 Å². The van der Waals surface area contributed by atoms with E-state index in [-0.39, 0.29) is 31.1 Å². The Bertz CT molecular complexity index is 1490. The normalized spacial score (nSPS) is 20.3. The van der Waals surface area contributed by atoms with E-state index >= 15 is 0 Å². The number of amides is 4. The van der Waals surface area contributed by atoms with Crippen LogP contribution in [0.3, 0.4) is 0 Å². The first kappa shape index (κ1) is 33.7. The van der Waals surface area contributed by atoms with Crippen LogP contribution in [-0.2, 0) is 38.0 Å². The third kappa shape index (κ3) is 7.22. The number of aryl methyl sites for hydroxylation is 1. The summed E-state index contributed by atoms with van der Waals surface area (Å²) in [6, 6.07) is 4.93. The Labute approximate surface area is 253 Å². The quantitative estimate of drug-likeness (QED) is 0.387. The number of halogens is 7. The highest BCUT2D eigenvalue weighted by atomic mass is 19.4. The van der Waals surface area contributed by atoms with Crippen molar-refractivity contribution in [2.45, 2.75) is 57.6 Å². The molecule has 0 bridgehead atoms. The first-order valence-electron chi connectivity index (χ1n) is 13.8. The second-order valence-corrected chi connectivity index (χ2v) is 11.7. The molecule has 0 aromatic heterocycles. The van der Waals surface area contributed by atoms with Crippen molar-refractivity contribution >= 4 is 23.8 Å². The van der Waals surface area contributed by atoms with Crippen molar-refractivity contribution < 1.29 is 54.6 Å². The summed E-state index contributed by atoms with van der Waals surface area (Å²) in [7, 11) is 1.24. The van der Waals surface area contributed by atoms with Crippen LogP contribution in [-0.4, -0.2) is 70.8 Å².